The van der Waals surface area contributed by atoms with Gasteiger partial charge in [0.15, 0.2) is 0 Å². The molecule has 2 unspecified atom stereocenters. The second kappa shape index (κ2) is 14.5. The molecule has 0 N–H and O–H groups in total. The summed E-state index contributed by atoms with van der Waals surface area (Å²) in [5.74, 6) is 1.61. The van der Waals surface area contributed by atoms with Crippen LogP contribution in [0, 0.1) is 11.8 Å². The number of unbranched alkanes of at least 4 members (excludes halogenated alkanes) is 2. The Morgan fingerprint density at radius 1 is 0.952 bits per heavy atom. The van der Waals surface area contributed by atoms with E-state index < -0.39 is 0 Å². The van der Waals surface area contributed by atoms with E-state index in [1.165, 1.54) is 64.5 Å². The summed E-state index contributed by atoms with van der Waals surface area (Å²) < 4.78 is 1.10. The Hall–Kier alpha value is 0.928. The quantitative estimate of drug-likeness (QED) is 0.277. The number of thiocarbonyl (C=S) groups is 1. The molecule has 0 heterocycles. The van der Waals surface area contributed by atoms with Crippen LogP contribution in [0.25, 0.3) is 0 Å². The van der Waals surface area contributed by atoms with Crippen molar-refractivity contribution in [3.63, 3.8) is 0 Å². The molecule has 0 spiro atoms. The third-order valence-electron chi connectivity index (χ3n) is 4.37. The van der Waals surface area contributed by atoms with Crippen LogP contribution in [0.15, 0.2) is 0 Å². The van der Waals surface area contributed by atoms with E-state index in [2.05, 4.69) is 32.6 Å². The van der Waals surface area contributed by atoms with Gasteiger partial charge in [-0.2, -0.15) is 0 Å². The van der Waals surface area contributed by atoms with Crippen LogP contribution in [0.4, 0.5) is 0 Å². The number of rotatable bonds is 12. The van der Waals surface area contributed by atoms with E-state index >= 15 is 0 Å². The van der Waals surface area contributed by atoms with Crippen molar-refractivity contribution in [2.75, 3.05) is 13.1 Å². The molecule has 0 aromatic rings. The van der Waals surface area contributed by atoms with Crippen LogP contribution in [0.3, 0.4) is 0 Å². The van der Waals surface area contributed by atoms with E-state index in [0.29, 0.717) is 0 Å². The summed E-state index contributed by atoms with van der Waals surface area (Å²) >= 11 is 7.67. The minimum absolute atomic E-state index is 0.805. The van der Waals surface area contributed by atoms with Crippen molar-refractivity contribution >= 4 is 26.0 Å². The van der Waals surface area contributed by atoms with Crippen LogP contribution in [-0.4, -0.2) is 22.3 Å². The molecule has 0 aromatic heterocycles. The standard InChI is InChI=1S/C17H35NS2.Mo/c1-5-9-11-15(7-3)13-18(17(19)20)14-16(8-4)12-10-6-2;/h15-16H,5-14H2,1-4H3,(H,19,20);/q;+1/p-1. The van der Waals surface area contributed by atoms with Crippen molar-refractivity contribution in [1.82, 2.24) is 4.90 Å². The van der Waals surface area contributed by atoms with Crippen molar-refractivity contribution < 1.29 is 18.5 Å². The van der Waals surface area contributed by atoms with Gasteiger partial charge in [0.25, 0.3) is 0 Å². The SMILES string of the molecule is CCCCC(CC)CN(CC(CC)CCCC)C(=S)[S][Mo]. The Morgan fingerprint density at radius 2 is 1.38 bits per heavy atom. The Labute approximate surface area is 153 Å². The third-order valence-corrected chi connectivity index (χ3v) is 7.29. The first-order valence-corrected chi connectivity index (χ1v) is 12.3. The van der Waals surface area contributed by atoms with Crippen LogP contribution < -0.4 is 0 Å². The molecule has 0 amide bonds. The van der Waals surface area contributed by atoms with E-state index in [-0.39, 0.29) is 0 Å². The molecule has 2 atom stereocenters. The van der Waals surface area contributed by atoms with E-state index in [1.54, 1.807) is 9.47 Å². The Kier molecular flexibility index (Phi) is 15.2. The second-order valence-corrected chi connectivity index (χ2v) is 8.51. The normalized spacial score (nSPS) is 13.9. The summed E-state index contributed by atoms with van der Waals surface area (Å²) in [6.45, 7) is 11.6. The zero-order valence-corrected chi connectivity index (χ0v) is 18.0. The van der Waals surface area contributed by atoms with Crippen LogP contribution in [0.1, 0.15) is 79.1 Å². The van der Waals surface area contributed by atoms with Gasteiger partial charge in [0.2, 0.25) is 0 Å². The molecule has 0 bridgehead atoms. The van der Waals surface area contributed by atoms with E-state index in [0.717, 1.165) is 16.2 Å². The Balaban J connectivity index is 4.57. The van der Waals surface area contributed by atoms with Gasteiger partial charge in [-0.15, -0.1) is 0 Å². The topological polar surface area (TPSA) is 3.24 Å². The zero-order valence-electron chi connectivity index (χ0n) is 14.4. The molecule has 0 saturated heterocycles. The van der Waals surface area contributed by atoms with Crippen LogP contribution in [0.2, 0.25) is 0 Å². The van der Waals surface area contributed by atoms with Gasteiger partial charge in [0.05, 0.1) is 0 Å². The van der Waals surface area contributed by atoms with Crippen LogP contribution in [0.5, 0.6) is 0 Å². The summed E-state index contributed by atoms with van der Waals surface area (Å²) in [7, 11) is 1.75. The summed E-state index contributed by atoms with van der Waals surface area (Å²) in [5.41, 5.74) is 0. The molecular weight excluding hydrogens is 378 g/mol. The van der Waals surface area contributed by atoms with E-state index in [9.17, 15) is 0 Å². The van der Waals surface area contributed by atoms with Gasteiger partial charge >= 0.3 is 153 Å². The Morgan fingerprint density at radius 3 is 1.67 bits per heavy atom. The number of nitrogens with zero attached hydrogens (tertiary/aromatic N) is 1. The predicted molar refractivity (Wildman–Crippen MR) is 98.4 cm³/mol. The Bertz CT molecular complexity index is 243. The minimum atomic E-state index is 0.805. The number of hydrogen-bond acceptors (Lipinski definition) is 2. The first-order chi connectivity index (χ1) is 10.1. The van der Waals surface area contributed by atoms with Crippen molar-refractivity contribution in [1.29, 1.82) is 0 Å². The molecule has 0 aliphatic rings. The van der Waals surface area contributed by atoms with Crippen LogP contribution in [-0.2, 0) is 18.5 Å². The molecule has 0 fully saturated rings. The first-order valence-electron chi connectivity index (χ1n) is 8.71. The monoisotopic (exact) mass is 414 g/mol. The summed E-state index contributed by atoms with van der Waals surface area (Å²) in [6, 6.07) is 0. The molecule has 0 aliphatic heterocycles. The van der Waals surface area contributed by atoms with Crippen molar-refractivity contribution in [2.45, 2.75) is 79.1 Å². The van der Waals surface area contributed by atoms with E-state index in [4.69, 9.17) is 12.2 Å². The number of hydrogen-bond donors (Lipinski definition) is 0. The molecule has 0 rings (SSSR count). The molecule has 0 radical (unpaired) electrons. The van der Waals surface area contributed by atoms with Gasteiger partial charge < -0.3 is 0 Å². The fraction of sp³-hybridized carbons (Fsp3) is 0.941. The van der Waals surface area contributed by atoms with Gasteiger partial charge in [-0.1, -0.05) is 0 Å². The molecule has 1 nitrogen and oxygen atoms in total. The summed E-state index contributed by atoms with van der Waals surface area (Å²) in [6.07, 6.45) is 10.6. The molecule has 21 heavy (non-hydrogen) atoms. The average molecular weight is 413 g/mol. The van der Waals surface area contributed by atoms with Crippen LogP contribution >= 0.6 is 21.7 Å². The molecule has 0 aromatic carbocycles. The molecule has 0 saturated carbocycles. The van der Waals surface area contributed by atoms with Gasteiger partial charge in [-0.25, -0.2) is 0 Å². The maximum absolute atomic E-state index is 5.63. The van der Waals surface area contributed by atoms with Gasteiger partial charge in [-0.05, 0) is 0 Å². The van der Waals surface area contributed by atoms with Gasteiger partial charge in [0, 0.05) is 0 Å². The van der Waals surface area contributed by atoms with E-state index in [1.807, 2.05) is 18.5 Å². The molecule has 0 aliphatic carbocycles. The maximum atomic E-state index is 5.63. The van der Waals surface area contributed by atoms with Crippen molar-refractivity contribution in [3.05, 3.63) is 0 Å². The summed E-state index contributed by atoms with van der Waals surface area (Å²) in [5, 5.41) is 0. The van der Waals surface area contributed by atoms with Crippen molar-refractivity contribution in [3.8, 4) is 0 Å². The predicted octanol–water partition coefficient (Wildman–Crippen LogP) is 6.20. The molecule has 125 valence electrons. The zero-order chi connectivity index (χ0) is 16.1. The van der Waals surface area contributed by atoms with Gasteiger partial charge in [-0.3, -0.25) is 0 Å². The fourth-order valence-corrected chi connectivity index (χ4v) is 3.92. The first kappa shape index (κ1) is 21.9. The molecular formula is C17H34MoNS2. The average Bonchev–Trinajstić information content (AvgIpc) is 2.52. The van der Waals surface area contributed by atoms with Crippen molar-refractivity contribution in [2.24, 2.45) is 11.8 Å². The fourth-order valence-electron chi connectivity index (χ4n) is 2.73. The second-order valence-electron chi connectivity index (χ2n) is 6.09. The third kappa shape index (κ3) is 10.3. The molecule has 4 heteroatoms. The van der Waals surface area contributed by atoms with Gasteiger partial charge in [0.1, 0.15) is 0 Å². The summed E-state index contributed by atoms with van der Waals surface area (Å²) in [4.78, 5) is 2.51.